The number of esters is 1. The van der Waals surface area contributed by atoms with Crippen LogP contribution in [0.4, 0.5) is 5.82 Å². The lowest BCUT2D eigenvalue weighted by atomic mass is 10.1. The third-order valence-electron chi connectivity index (χ3n) is 5.79. The van der Waals surface area contributed by atoms with Crippen LogP contribution in [-0.2, 0) is 11.3 Å². The highest BCUT2D eigenvalue weighted by molar-refractivity contribution is 5.94. The number of anilines is 1. The molecule has 6 heteroatoms. The highest BCUT2D eigenvalue weighted by atomic mass is 16.5. The van der Waals surface area contributed by atoms with E-state index in [2.05, 4.69) is 46.8 Å². The SMILES string of the molecule is CCCCOc1cccc(CN(CC)C2CCN(c3ncccc3C(=O)OC(C)C)C2)c1. The van der Waals surface area contributed by atoms with E-state index in [-0.39, 0.29) is 12.1 Å². The van der Waals surface area contributed by atoms with Gasteiger partial charge in [-0.1, -0.05) is 32.4 Å². The van der Waals surface area contributed by atoms with Gasteiger partial charge in [-0.05, 0) is 63.1 Å². The maximum absolute atomic E-state index is 12.6. The fourth-order valence-corrected chi connectivity index (χ4v) is 4.12. The molecule has 6 nitrogen and oxygen atoms in total. The van der Waals surface area contributed by atoms with Crippen molar-refractivity contribution in [3.05, 3.63) is 53.7 Å². The van der Waals surface area contributed by atoms with Gasteiger partial charge in [0.25, 0.3) is 0 Å². The van der Waals surface area contributed by atoms with Crippen molar-refractivity contribution in [3.63, 3.8) is 0 Å². The van der Waals surface area contributed by atoms with Crippen LogP contribution in [0.15, 0.2) is 42.6 Å². The number of carbonyl (C=O) groups excluding carboxylic acids is 1. The summed E-state index contributed by atoms with van der Waals surface area (Å²) in [4.78, 5) is 21.8. The Labute approximate surface area is 192 Å². The Morgan fingerprint density at radius 3 is 2.84 bits per heavy atom. The van der Waals surface area contributed by atoms with Crippen molar-refractivity contribution >= 4 is 11.8 Å². The summed E-state index contributed by atoms with van der Waals surface area (Å²) >= 11 is 0. The lowest BCUT2D eigenvalue weighted by Crippen LogP contribution is -2.37. The van der Waals surface area contributed by atoms with E-state index in [0.717, 1.165) is 63.6 Å². The zero-order valence-electron chi connectivity index (χ0n) is 19.9. The summed E-state index contributed by atoms with van der Waals surface area (Å²) in [5, 5.41) is 0. The van der Waals surface area contributed by atoms with Crippen molar-refractivity contribution in [3.8, 4) is 5.75 Å². The van der Waals surface area contributed by atoms with Crippen molar-refractivity contribution in [2.24, 2.45) is 0 Å². The molecule has 0 saturated carbocycles. The van der Waals surface area contributed by atoms with Gasteiger partial charge in [-0.3, -0.25) is 4.90 Å². The van der Waals surface area contributed by atoms with Crippen LogP contribution in [0.1, 0.15) is 62.9 Å². The van der Waals surface area contributed by atoms with E-state index in [0.29, 0.717) is 11.6 Å². The molecule has 32 heavy (non-hydrogen) atoms. The molecule has 1 atom stereocenters. The molecular formula is C26H37N3O3. The lowest BCUT2D eigenvalue weighted by molar-refractivity contribution is 0.0378. The monoisotopic (exact) mass is 439 g/mol. The minimum absolute atomic E-state index is 0.154. The van der Waals surface area contributed by atoms with Crippen LogP contribution in [0, 0.1) is 0 Å². The summed E-state index contributed by atoms with van der Waals surface area (Å²) in [5.41, 5.74) is 1.81. The number of nitrogens with zero attached hydrogens (tertiary/aromatic N) is 3. The summed E-state index contributed by atoms with van der Waals surface area (Å²) < 4.78 is 11.3. The minimum atomic E-state index is -0.307. The number of aromatic nitrogens is 1. The van der Waals surface area contributed by atoms with Gasteiger partial charge in [0.2, 0.25) is 0 Å². The topological polar surface area (TPSA) is 54.9 Å². The Kier molecular flexibility index (Phi) is 8.91. The Balaban J connectivity index is 1.66. The van der Waals surface area contributed by atoms with Gasteiger partial charge >= 0.3 is 5.97 Å². The number of ether oxygens (including phenoxy) is 2. The molecule has 1 unspecified atom stereocenters. The first-order chi connectivity index (χ1) is 15.5. The van der Waals surface area contributed by atoms with Gasteiger partial charge in [-0.15, -0.1) is 0 Å². The van der Waals surface area contributed by atoms with Crippen molar-refractivity contribution in [1.29, 1.82) is 0 Å². The maximum atomic E-state index is 12.6. The fraction of sp³-hybridized carbons (Fsp3) is 0.538. The van der Waals surface area contributed by atoms with E-state index < -0.39 is 0 Å². The third-order valence-corrected chi connectivity index (χ3v) is 5.79. The summed E-state index contributed by atoms with van der Waals surface area (Å²) in [7, 11) is 0. The summed E-state index contributed by atoms with van der Waals surface area (Å²) in [6, 6.07) is 12.4. The Morgan fingerprint density at radius 1 is 1.25 bits per heavy atom. The number of pyridine rings is 1. The zero-order valence-corrected chi connectivity index (χ0v) is 19.9. The highest BCUT2D eigenvalue weighted by Crippen LogP contribution is 2.26. The van der Waals surface area contributed by atoms with Gasteiger partial charge in [-0.2, -0.15) is 0 Å². The van der Waals surface area contributed by atoms with Crippen LogP contribution in [-0.4, -0.2) is 54.2 Å². The van der Waals surface area contributed by atoms with Gasteiger partial charge in [0.15, 0.2) is 0 Å². The first kappa shape index (κ1) is 24.1. The van der Waals surface area contributed by atoms with Crippen LogP contribution >= 0.6 is 0 Å². The van der Waals surface area contributed by atoms with Gasteiger partial charge in [-0.25, -0.2) is 9.78 Å². The summed E-state index contributed by atoms with van der Waals surface area (Å²) in [5.74, 6) is 1.36. The van der Waals surface area contributed by atoms with Crippen LogP contribution < -0.4 is 9.64 Å². The van der Waals surface area contributed by atoms with Crippen LogP contribution in [0.3, 0.4) is 0 Å². The molecule has 1 aliphatic heterocycles. The van der Waals surface area contributed by atoms with Gasteiger partial charge < -0.3 is 14.4 Å². The molecule has 1 aliphatic rings. The standard InChI is InChI=1S/C26H37N3O3/c1-5-7-16-31-23-11-8-10-21(17-23)18-28(6-2)22-13-15-29(19-22)25-24(12-9-14-27-25)26(30)32-20(3)4/h8-12,14,17,20,22H,5-7,13,15-16,18-19H2,1-4H3. The molecule has 1 fully saturated rings. The first-order valence-corrected chi connectivity index (χ1v) is 11.9. The van der Waals surface area contributed by atoms with E-state index in [1.54, 1.807) is 12.3 Å². The summed E-state index contributed by atoms with van der Waals surface area (Å²) in [6.07, 6.45) is 4.84. The molecule has 174 valence electrons. The number of unbranched alkanes of at least 4 members (excludes halogenated alkanes) is 1. The smallest absolute Gasteiger partial charge is 0.342 e. The Hall–Kier alpha value is -2.60. The minimum Gasteiger partial charge on any atom is -0.494 e. The molecular weight excluding hydrogens is 402 g/mol. The predicted molar refractivity (Wildman–Crippen MR) is 128 cm³/mol. The van der Waals surface area contributed by atoms with Gasteiger partial charge in [0, 0.05) is 31.9 Å². The summed E-state index contributed by atoms with van der Waals surface area (Å²) in [6.45, 7) is 12.4. The average Bonchev–Trinajstić information content (AvgIpc) is 3.27. The van der Waals surface area contributed by atoms with Gasteiger partial charge in [0.1, 0.15) is 17.1 Å². The third kappa shape index (κ3) is 6.45. The van der Waals surface area contributed by atoms with Crippen molar-refractivity contribution in [2.45, 2.75) is 65.6 Å². The van der Waals surface area contributed by atoms with E-state index in [4.69, 9.17) is 9.47 Å². The van der Waals surface area contributed by atoms with Crippen molar-refractivity contribution in [2.75, 3.05) is 31.1 Å². The number of carbonyl (C=O) groups is 1. The molecule has 0 N–H and O–H groups in total. The number of likely N-dealkylation sites (N-methyl/N-ethyl adjacent to an activating group) is 1. The maximum Gasteiger partial charge on any atom is 0.342 e. The lowest BCUT2D eigenvalue weighted by Gasteiger charge is -2.28. The second-order valence-corrected chi connectivity index (χ2v) is 8.63. The predicted octanol–water partition coefficient (Wildman–Crippen LogP) is 4.93. The van der Waals surface area contributed by atoms with Crippen LogP contribution in [0.2, 0.25) is 0 Å². The Morgan fingerprint density at radius 2 is 2.09 bits per heavy atom. The van der Waals surface area contributed by atoms with E-state index in [1.807, 2.05) is 26.0 Å². The largest absolute Gasteiger partial charge is 0.494 e. The quantitative estimate of drug-likeness (QED) is 0.366. The number of hydrogen-bond donors (Lipinski definition) is 0. The number of rotatable bonds is 11. The molecule has 0 amide bonds. The average molecular weight is 440 g/mol. The molecule has 0 radical (unpaired) electrons. The second-order valence-electron chi connectivity index (χ2n) is 8.63. The van der Waals surface area contributed by atoms with Crippen molar-refractivity contribution < 1.29 is 14.3 Å². The first-order valence-electron chi connectivity index (χ1n) is 11.9. The van der Waals surface area contributed by atoms with Crippen LogP contribution in [0.5, 0.6) is 5.75 Å². The second kappa shape index (κ2) is 11.9. The molecule has 1 saturated heterocycles. The van der Waals surface area contributed by atoms with E-state index in [9.17, 15) is 4.79 Å². The van der Waals surface area contributed by atoms with E-state index >= 15 is 0 Å². The van der Waals surface area contributed by atoms with Gasteiger partial charge in [0.05, 0.1) is 12.7 Å². The van der Waals surface area contributed by atoms with Crippen molar-refractivity contribution in [1.82, 2.24) is 9.88 Å². The fourth-order valence-electron chi connectivity index (χ4n) is 4.12. The molecule has 1 aromatic heterocycles. The molecule has 1 aromatic carbocycles. The zero-order chi connectivity index (χ0) is 22.9. The number of hydrogen-bond acceptors (Lipinski definition) is 6. The molecule has 3 rings (SSSR count). The molecule has 2 heterocycles. The Bertz CT molecular complexity index is 871. The normalized spacial score (nSPS) is 16.1. The van der Waals surface area contributed by atoms with E-state index in [1.165, 1.54) is 5.56 Å². The molecule has 0 bridgehead atoms. The molecule has 0 aliphatic carbocycles. The number of benzene rings is 1. The van der Waals surface area contributed by atoms with Crippen LogP contribution in [0.25, 0.3) is 0 Å². The molecule has 0 spiro atoms. The highest BCUT2D eigenvalue weighted by Gasteiger charge is 2.30. The molecule has 2 aromatic rings.